The molecule has 2 aromatic rings. The number of aryl methyl sites for hydroxylation is 1. The molecule has 0 bridgehead atoms. The molecule has 2 N–H and O–H groups in total. The largest absolute Gasteiger partial charge is 0.323 e. The Balaban J connectivity index is 1.55. The number of halogens is 1. The minimum atomic E-state index is -0.499. The molecule has 1 aliphatic rings. The average molecular weight is 419 g/mol. The number of aromatic nitrogens is 1. The van der Waals surface area contributed by atoms with E-state index in [1.165, 1.54) is 6.07 Å². The van der Waals surface area contributed by atoms with Crippen LogP contribution in [0.2, 0.25) is 0 Å². The van der Waals surface area contributed by atoms with Crippen molar-refractivity contribution in [1.82, 2.24) is 18.5 Å². The highest BCUT2D eigenvalue weighted by molar-refractivity contribution is 7.94. The zero-order valence-electron chi connectivity index (χ0n) is 17.0. The fourth-order valence-electron chi connectivity index (χ4n) is 3.05. The monoisotopic (exact) mass is 418 g/mol. The highest BCUT2D eigenvalue weighted by Crippen LogP contribution is 2.20. The van der Waals surface area contributed by atoms with Gasteiger partial charge in [-0.15, -0.1) is 0 Å². The van der Waals surface area contributed by atoms with E-state index in [1.807, 2.05) is 21.0 Å². The van der Waals surface area contributed by atoms with Crippen LogP contribution < -0.4 is 10.6 Å². The normalized spacial score (nSPS) is 15.5. The van der Waals surface area contributed by atoms with Crippen molar-refractivity contribution in [3.63, 3.8) is 0 Å². The van der Waals surface area contributed by atoms with Gasteiger partial charge in [0.1, 0.15) is 5.82 Å². The molecule has 0 radical (unpaired) electrons. The van der Waals surface area contributed by atoms with Crippen LogP contribution in [0, 0.1) is 12.7 Å². The lowest BCUT2D eigenvalue weighted by molar-refractivity contribution is 0.187. The third-order valence-electron chi connectivity index (χ3n) is 4.46. The van der Waals surface area contributed by atoms with Crippen LogP contribution in [0.3, 0.4) is 0 Å². The fourth-order valence-corrected chi connectivity index (χ4v) is 3.84. The first-order valence-corrected chi connectivity index (χ1v) is 10.2. The van der Waals surface area contributed by atoms with Gasteiger partial charge in [-0.25, -0.2) is 17.8 Å². The van der Waals surface area contributed by atoms with Crippen LogP contribution in [-0.4, -0.2) is 64.8 Å². The van der Waals surface area contributed by atoms with Gasteiger partial charge >= 0.3 is 6.03 Å². The van der Waals surface area contributed by atoms with Gasteiger partial charge in [-0.1, -0.05) is 6.07 Å². The maximum atomic E-state index is 14.2. The van der Waals surface area contributed by atoms with Gasteiger partial charge in [-0.2, -0.15) is 0 Å². The lowest BCUT2D eigenvalue weighted by atomic mass is 10.1. The first-order valence-electron chi connectivity index (χ1n) is 9.51. The first-order chi connectivity index (χ1) is 13.9. The van der Waals surface area contributed by atoms with Crippen molar-refractivity contribution >= 4 is 29.5 Å². The molecule has 1 saturated heterocycles. The summed E-state index contributed by atoms with van der Waals surface area (Å²) >= 11 is 1.73. The highest BCUT2D eigenvalue weighted by Gasteiger charge is 2.18. The standard InChI is InChI=1S/C20H27FN6OS/c1-15-4-6-17(13-22-15)23-20(28)24-19-12-16(5-7-18(19)21)14-26-8-10-27(11-9-26)29-25(2)3/h4-7,12-13H,8-11,14H2,1-3H3,(H2,23,24,28). The molecule has 0 aliphatic carbocycles. The van der Waals surface area contributed by atoms with E-state index in [-0.39, 0.29) is 5.69 Å². The van der Waals surface area contributed by atoms with E-state index in [9.17, 15) is 9.18 Å². The van der Waals surface area contributed by atoms with E-state index in [2.05, 4.69) is 29.1 Å². The Labute approximate surface area is 175 Å². The molecular formula is C20H27FN6OS. The van der Waals surface area contributed by atoms with Gasteiger partial charge in [0.25, 0.3) is 0 Å². The van der Waals surface area contributed by atoms with Crippen LogP contribution >= 0.6 is 12.1 Å². The van der Waals surface area contributed by atoms with Crippen molar-refractivity contribution in [2.45, 2.75) is 13.5 Å². The van der Waals surface area contributed by atoms with E-state index in [1.54, 1.807) is 42.6 Å². The molecule has 1 aromatic carbocycles. The molecule has 0 saturated carbocycles. The molecule has 2 heterocycles. The second kappa shape index (κ2) is 10.0. The highest BCUT2D eigenvalue weighted by atomic mass is 32.2. The maximum absolute atomic E-state index is 14.2. The summed E-state index contributed by atoms with van der Waals surface area (Å²) in [6, 6.07) is 7.92. The van der Waals surface area contributed by atoms with Gasteiger partial charge in [0.05, 0.1) is 17.6 Å². The molecule has 1 fully saturated rings. The number of urea groups is 1. The van der Waals surface area contributed by atoms with Gasteiger partial charge in [0.2, 0.25) is 0 Å². The molecule has 156 valence electrons. The molecule has 0 atom stereocenters. The Morgan fingerprint density at radius 1 is 1.17 bits per heavy atom. The number of anilines is 2. The number of hydrogen-bond acceptors (Lipinski definition) is 6. The summed E-state index contributed by atoms with van der Waals surface area (Å²) in [5.41, 5.74) is 2.54. The van der Waals surface area contributed by atoms with Crippen LogP contribution in [0.1, 0.15) is 11.3 Å². The molecular weight excluding hydrogens is 391 g/mol. The third kappa shape index (κ3) is 6.67. The van der Waals surface area contributed by atoms with E-state index in [0.29, 0.717) is 5.69 Å². The molecule has 2 amide bonds. The van der Waals surface area contributed by atoms with Crippen molar-refractivity contribution in [2.75, 3.05) is 50.9 Å². The fraction of sp³-hybridized carbons (Fsp3) is 0.400. The third-order valence-corrected chi connectivity index (χ3v) is 5.39. The maximum Gasteiger partial charge on any atom is 0.323 e. The lowest BCUT2D eigenvalue weighted by Crippen LogP contribution is -2.43. The number of nitrogens with zero attached hydrogens (tertiary/aromatic N) is 4. The number of piperazine rings is 1. The summed E-state index contributed by atoms with van der Waals surface area (Å²) in [6.07, 6.45) is 1.57. The minimum absolute atomic E-state index is 0.168. The van der Waals surface area contributed by atoms with Gasteiger partial charge in [-0.05, 0) is 50.8 Å². The van der Waals surface area contributed by atoms with Crippen LogP contribution in [0.4, 0.5) is 20.6 Å². The quantitative estimate of drug-likeness (QED) is 0.701. The molecule has 0 spiro atoms. The summed E-state index contributed by atoms with van der Waals surface area (Å²) in [4.78, 5) is 18.7. The van der Waals surface area contributed by atoms with Crippen molar-refractivity contribution in [2.24, 2.45) is 0 Å². The Morgan fingerprint density at radius 2 is 1.93 bits per heavy atom. The van der Waals surface area contributed by atoms with Gasteiger partial charge in [-0.3, -0.25) is 9.88 Å². The summed E-state index contributed by atoms with van der Waals surface area (Å²) in [6.45, 7) is 6.43. The lowest BCUT2D eigenvalue weighted by Gasteiger charge is -2.34. The number of benzene rings is 1. The second-order valence-corrected chi connectivity index (χ2v) is 8.59. The van der Waals surface area contributed by atoms with Crippen molar-refractivity contribution in [3.8, 4) is 0 Å². The number of carbonyl (C=O) groups excluding carboxylic acids is 1. The molecule has 1 aliphatic heterocycles. The Kier molecular flexibility index (Phi) is 7.43. The summed E-state index contributed by atoms with van der Waals surface area (Å²) in [5.74, 6) is -0.460. The zero-order valence-corrected chi connectivity index (χ0v) is 17.8. The zero-order chi connectivity index (χ0) is 20.8. The summed E-state index contributed by atoms with van der Waals surface area (Å²) in [7, 11) is 4.07. The van der Waals surface area contributed by atoms with Crippen LogP contribution in [0.5, 0.6) is 0 Å². The van der Waals surface area contributed by atoms with Gasteiger partial charge in [0, 0.05) is 50.6 Å². The van der Waals surface area contributed by atoms with Crippen LogP contribution in [-0.2, 0) is 6.54 Å². The second-order valence-electron chi connectivity index (χ2n) is 7.18. The molecule has 9 heteroatoms. The molecule has 0 unspecified atom stereocenters. The Morgan fingerprint density at radius 3 is 2.59 bits per heavy atom. The minimum Gasteiger partial charge on any atom is -0.306 e. The van der Waals surface area contributed by atoms with Gasteiger partial charge < -0.3 is 10.6 Å². The molecule has 7 nitrogen and oxygen atoms in total. The SMILES string of the molecule is Cc1ccc(NC(=O)Nc2cc(CN3CCN(SN(C)C)CC3)ccc2F)cn1. The van der Waals surface area contributed by atoms with E-state index in [4.69, 9.17) is 0 Å². The molecule has 3 rings (SSSR count). The van der Waals surface area contributed by atoms with Crippen LogP contribution in [0.15, 0.2) is 36.5 Å². The molecule has 1 aromatic heterocycles. The van der Waals surface area contributed by atoms with Crippen LogP contribution in [0.25, 0.3) is 0 Å². The van der Waals surface area contributed by atoms with E-state index >= 15 is 0 Å². The number of pyridine rings is 1. The van der Waals surface area contributed by atoms with E-state index < -0.39 is 11.8 Å². The Bertz CT molecular complexity index is 824. The average Bonchev–Trinajstić information content (AvgIpc) is 2.67. The summed E-state index contributed by atoms with van der Waals surface area (Å²) in [5, 5.41) is 5.26. The summed E-state index contributed by atoms with van der Waals surface area (Å²) < 4.78 is 18.6. The number of carbonyl (C=O) groups is 1. The predicted octanol–water partition coefficient (Wildman–Crippen LogP) is 3.42. The Hall–Kier alpha value is -2.20. The smallest absolute Gasteiger partial charge is 0.306 e. The first kappa shape index (κ1) is 21.5. The molecule has 29 heavy (non-hydrogen) atoms. The topological polar surface area (TPSA) is 63.7 Å². The van der Waals surface area contributed by atoms with Crippen molar-refractivity contribution < 1.29 is 9.18 Å². The number of amides is 2. The van der Waals surface area contributed by atoms with E-state index in [0.717, 1.165) is 44.0 Å². The number of rotatable bonds is 6. The van der Waals surface area contributed by atoms with Gasteiger partial charge in [0.15, 0.2) is 0 Å². The predicted molar refractivity (Wildman–Crippen MR) is 116 cm³/mol. The van der Waals surface area contributed by atoms with Crippen molar-refractivity contribution in [3.05, 3.63) is 53.6 Å². The number of hydrogen-bond donors (Lipinski definition) is 2. The van der Waals surface area contributed by atoms with Crippen molar-refractivity contribution in [1.29, 1.82) is 0 Å². The number of nitrogens with one attached hydrogen (secondary N) is 2.